The number of likely N-dealkylation sites (N-methyl/N-ethyl adjacent to an activating group) is 1. The smallest absolute Gasteiger partial charge is 0.216 e. The second kappa shape index (κ2) is 8.55. The lowest BCUT2D eigenvalue weighted by Crippen LogP contribution is -2.47. The number of fused-ring (bicyclic) bond motifs is 2. The van der Waals surface area contributed by atoms with Gasteiger partial charge in [0.2, 0.25) is 5.79 Å². The standard InChI is InChI=1S/C25H30N6O2/c1-31-11-9-16-13-22(33-3)20(12-18(16)14-31)25(26)29-23-19(8-10-27-23)24(30-25)28-21-7-5-4-6-17(21)15-32-2/h4-8,10,12-13,27,29H,9,11,14-15,26H2,1-3H3,(H,28,30). The summed E-state index contributed by atoms with van der Waals surface area (Å²) in [6, 6.07) is 14.2. The van der Waals surface area contributed by atoms with Gasteiger partial charge in [-0.15, -0.1) is 0 Å². The third-order valence-corrected chi connectivity index (χ3v) is 6.31. The third kappa shape index (κ3) is 3.97. The lowest BCUT2D eigenvalue weighted by Gasteiger charge is -2.35. The minimum Gasteiger partial charge on any atom is -0.496 e. The van der Waals surface area contributed by atoms with Crippen molar-refractivity contribution in [2.45, 2.75) is 25.4 Å². The van der Waals surface area contributed by atoms with Gasteiger partial charge in [-0.1, -0.05) is 18.2 Å². The van der Waals surface area contributed by atoms with Crippen molar-refractivity contribution in [1.82, 2.24) is 9.88 Å². The number of methoxy groups -OCH3 is 2. The van der Waals surface area contributed by atoms with Crippen LogP contribution >= 0.6 is 0 Å². The average molecular weight is 447 g/mol. The molecule has 3 heterocycles. The van der Waals surface area contributed by atoms with Crippen LogP contribution < -0.4 is 21.1 Å². The first-order chi connectivity index (χ1) is 16.0. The fraction of sp³-hybridized carbons (Fsp3) is 0.320. The summed E-state index contributed by atoms with van der Waals surface area (Å²) in [5.74, 6) is 0.988. The minimum absolute atomic E-state index is 0.495. The number of hydrogen-bond donors (Lipinski definition) is 4. The maximum atomic E-state index is 6.96. The van der Waals surface area contributed by atoms with Crippen LogP contribution in [0.2, 0.25) is 0 Å². The molecule has 0 saturated carbocycles. The van der Waals surface area contributed by atoms with E-state index in [1.54, 1.807) is 14.2 Å². The van der Waals surface area contributed by atoms with Crippen LogP contribution in [0.4, 0.5) is 11.5 Å². The van der Waals surface area contributed by atoms with E-state index in [-0.39, 0.29) is 0 Å². The van der Waals surface area contributed by atoms with Crippen LogP contribution in [0.1, 0.15) is 27.8 Å². The van der Waals surface area contributed by atoms with E-state index in [1.165, 1.54) is 11.1 Å². The number of rotatable bonds is 5. The van der Waals surface area contributed by atoms with Crippen molar-refractivity contribution in [1.29, 1.82) is 0 Å². The van der Waals surface area contributed by atoms with Gasteiger partial charge in [0.05, 0.1) is 24.8 Å². The van der Waals surface area contributed by atoms with E-state index in [1.807, 2.05) is 36.5 Å². The number of hydrogen-bond acceptors (Lipinski definition) is 7. The molecule has 0 radical (unpaired) electrons. The van der Waals surface area contributed by atoms with Crippen LogP contribution in [0.5, 0.6) is 5.75 Å². The van der Waals surface area contributed by atoms with Gasteiger partial charge in [-0.25, -0.2) is 4.99 Å². The van der Waals surface area contributed by atoms with Gasteiger partial charge in [0.15, 0.2) is 0 Å². The Balaban J connectivity index is 1.59. The Morgan fingerprint density at radius 2 is 2.03 bits per heavy atom. The Labute approximate surface area is 193 Å². The second-order valence-corrected chi connectivity index (χ2v) is 8.64. The van der Waals surface area contributed by atoms with Crippen LogP contribution in [-0.2, 0) is 30.1 Å². The lowest BCUT2D eigenvalue weighted by atomic mass is 9.93. The van der Waals surface area contributed by atoms with E-state index in [0.717, 1.165) is 53.5 Å². The molecule has 2 aromatic carbocycles. The average Bonchev–Trinajstić information content (AvgIpc) is 3.28. The molecule has 8 nitrogen and oxygen atoms in total. The highest BCUT2D eigenvalue weighted by atomic mass is 16.5. The van der Waals surface area contributed by atoms with Crippen LogP contribution in [0.3, 0.4) is 0 Å². The summed E-state index contributed by atoms with van der Waals surface area (Å²) in [5.41, 5.74) is 13.2. The highest BCUT2D eigenvalue weighted by Crippen LogP contribution is 2.38. The topological polar surface area (TPSA) is 99.9 Å². The van der Waals surface area contributed by atoms with E-state index in [0.29, 0.717) is 12.4 Å². The highest BCUT2D eigenvalue weighted by molar-refractivity contribution is 6.13. The number of nitrogens with zero attached hydrogens (tertiary/aromatic N) is 2. The molecule has 1 unspecified atom stereocenters. The monoisotopic (exact) mass is 446 g/mol. The van der Waals surface area contributed by atoms with Crippen molar-refractivity contribution in [2.75, 3.05) is 38.4 Å². The number of aliphatic imine (C=N–C) groups is 1. The molecule has 0 amide bonds. The van der Waals surface area contributed by atoms with Gasteiger partial charge in [-0.2, -0.15) is 0 Å². The van der Waals surface area contributed by atoms with Gasteiger partial charge in [-0.05, 0) is 48.9 Å². The predicted octanol–water partition coefficient (Wildman–Crippen LogP) is 3.21. The molecule has 0 saturated heterocycles. The molecule has 8 heteroatoms. The number of aromatic amines is 1. The number of H-pyrrole nitrogens is 1. The maximum Gasteiger partial charge on any atom is 0.216 e. The Morgan fingerprint density at radius 1 is 1.18 bits per heavy atom. The van der Waals surface area contributed by atoms with Crippen molar-refractivity contribution < 1.29 is 9.47 Å². The van der Waals surface area contributed by atoms with Crippen LogP contribution in [0.25, 0.3) is 0 Å². The second-order valence-electron chi connectivity index (χ2n) is 8.64. The molecule has 0 aliphatic carbocycles. The molecule has 3 aromatic rings. The number of ether oxygens (including phenoxy) is 2. The van der Waals surface area contributed by atoms with Crippen molar-refractivity contribution in [3.05, 3.63) is 76.5 Å². The number of amidine groups is 1. The van der Waals surface area contributed by atoms with Gasteiger partial charge >= 0.3 is 0 Å². The Hall–Kier alpha value is -3.33. The normalized spacial score (nSPS) is 19.8. The number of para-hydroxylation sites is 1. The zero-order valence-electron chi connectivity index (χ0n) is 19.2. The maximum absolute atomic E-state index is 6.96. The number of benzene rings is 2. The Morgan fingerprint density at radius 3 is 2.85 bits per heavy atom. The molecular weight excluding hydrogens is 416 g/mol. The van der Waals surface area contributed by atoms with Crippen molar-refractivity contribution in [3.8, 4) is 5.75 Å². The van der Waals surface area contributed by atoms with Gasteiger partial charge in [0.25, 0.3) is 0 Å². The molecule has 1 atom stereocenters. The van der Waals surface area contributed by atoms with Crippen LogP contribution in [0.15, 0.2) is 53.7 Å². The van der Waals surface area contributed by atoms with Gasteiger partial charge in [-0.3, -0.25) is 5.73 Å². The Kier molecular flexibility index (Phi) is 5.57. The van der Waals surface area contributed by atoms with Gasteiger partial charge < -0.3 is 30.0 Å². The van der Waals surface area contributed by atoms with E-state index in [9.17, 15) is 0 Å². The zero-order chi connectivity index (χ0) is 23.0. The molecule has 2 aliphatic heterocycles. The molecule has 5 rings (SSSR count). The number of nitrogens with two attached hydrogens (primary N) is 1. The number of nitrogens with one attached hydrogen (secondary N) is 3. The van der Waals surface area contributed by atoms with E-state index in [4.69, 9.17) is 20.2 Å². The van der Waals surface area contributed by atoms with E-state index >= 15 is 0 Å². The SMILES string of the molecule is COCc1ccccc1NC1=NC(N)(c2cc3c(cc2OC)CCN(C)C3)Nc2[nH]ccc21. The largest absolute Gasteiger partial charge is 0.496 e. The molecule has 2 aliphatic rings. The molecular formula is C25H30N6O2. The summed E-state index contributed by atoms with van der Waals surface area (Å²) in [5, 5.41) is 6.88. The van der Waals surface area contributed by atoms with Crippen molar-refractivity contribution >= 4 is 17.3 Å². The summed E-state index contributed by atoms with van der Waals surface area (Å²) >= 11 is 0. The number of anilines is 2. The highest BCUT2D eigenvalue weighted by Gasteiger charge is 2.37. The van der Waals surface area contributed by atoms with E-state index < -0.39 is 5.79 Å². The van der Waals surface area contributed by atoms with Gasteiger partial charge in [0.1, 0.15) is 17.4 Å². The summed E-state index contributed by atoms with van der Waals surface area (Å²) in [6.45, 7) is 2.39. The number of aromatic nitrogens is 1. The zero-order valence-corrected chi connectivity index (χ0v) is 19.2. The molecule has 172 valence electrons. The summed E-state index contributed by atoms with van der Waals surface area (Å²) in [7, 11) is 5.50. The first-order valence-electron chi connectivity index (χ1n) is 11.1. The summed E-state index contributed by atoms with van der Waals surface area (Å²) in [4.78, 5) is 10.6. The molecule has 33 heavy (non-hydrogen) atoms. The van der Waals surface area contributed by atoms with Crippen molar-refractivity contribution in [2.24, 2.45) is 10.7 Å². The molecule has 1 aromatic heterocycles. The molecule has 0 spiro atoms. The quantitative estimate of drug-likeness (QED) is 0.480. The van der Waals surface area contributed by atoms with Crippen molar-refractivity contribution in [3.63, 3.8) is 0 Å². The fourth-order valence-electron chi connectivity index (χ4n) is 4.59. The molecule has 5 N–H and O–H groups in total. The first kappa shape index (κ1) is 21.5. The molecule has 0 bridgehead atoms. The lowest BCUT2D eigenvalue weighted by molar-refractivity contribution is 0.185. The molecule has 0 fully saturated rings. The predicted molar refractivity (Wildman–Crippen MR) is 131 cm³/mol. The third-order valence-electron chi connectivity index (χ3n) is 6.31. The summed E-state index contributed by atoms with van der Waals surface area (Å²) in [6.07, 6.45) is 2.86. The Bertz CT molecular complexity index is 1200. The van der Waals surface area contributed by atoms with Crippen LogP contribution in [-0.4, -0.2) is 43.5 Å². The summed E-state index contributed by atoms with van der Waals surface area (Å²) < 4.78 is 11.2. The fourth-order valence-corrected chi connectivity index (χ4v) is 4.59. The van der Waals surface area contributed by atoms with Crippen LogP contribution in [0, 0.1) is 0 Å². The van der Waals surface area contributed by atoms with E-state index in [2.05, 4.69) is 39.7 Å². The first-order valence-corrected chi connectivity index (χ1v) is 11.1. The van der Waals surface area contributed by atoms with Gasteiger partial charge in [0, 0.05) is 37.6 Å². The minimum atomic E-state index is -1.22.